The van der Waals surface area contributed by atoms with Gasteiger partial charge in [0, 0.05) is 24.1 Å². The minimum Gasteiger partial charge on any atom is -0.493 e. The van der Waals surface area contributed by atoms with Gasteiger partial charge in [0.15, 0.2) is 6.10 Å². The van der Waals surface area contributed by atoms with Crippen molar-refractivity contribution in [3.8, 4) is 11.5 Å². The number of quaternary nitrogens is 1. The van der Waals surface area contributed by atoms with E-state index in [1.54, 1.807) is 39.0 Å². The summed E-state index contributed by atoms with van der Waals surface area (Å²) in [6.07, 6.45) is -6.72. The van der Waals surface area contributed by atoms with Crippen LogP contribution in [-0.4, -0.2) is 42.3 Å². The molecular formula is C23H27F3NO7+. The lowest BCUT2D eigenvalue weighted by Crippen LogP contribution is -2.82. The van der Waals surface area contributed by atoms with Gasteiger partial charge in [-0.05, 0) is 50.6 Å². The zero-order chi connectivity index (χ0) is 25.3. The van der Waals surface area contributed by atoms with Crippen molar-refractivity contribution in [1.29, 1.82) is 0 Å². The Kier molecular flexibility index (Phi) is 9.69. The third-order valence-electron chi connectivity index (χ3n) is 4.33. The van der Waals surface area contributed by atoms with E-state index in [4.69, 9.17) is 14.2 Å². The Morgan fingerprint density at radius 3 is 2.32 bits per heavy atom. The number of alkyl halides is 3. The molecule has 0 aromatic heterocycles. The van der Waals surface area contributed by atoms with Gasteiger partial charge in [0.05, 0.1) is 12.7 Å². The molecule has 0 saturated carbocycles. The predicted octanol–water partition coefficient (Wildman–Crippen LogP) is 3.94. The van der Waals surface area contributed by atoms with Crippen LogP contribution >= 0.6 is 0 Å². The fraction of sp³-hybridized carbons (Fsp3) is 0.391. The van der Waals surface area contributed by atoms with Gasteiger partial charge < -0.3 is 24.1 Å². The number of halogens is 3. The molecule has 1 atom stereocenters. The fourth-order valence-corrected chi connectivity index (χ4v) is 3.00. The normalized spacial score (nSPS) is 12.3. The summed E-state index contributed by atoms with van der Waals surface area (Å²) >= 11 is 0. The number of carboxylic acid groups (broad SMARTS) is 1. The summed E-state index contributed by atoms with van der Waals surface area (Å²) in [7, 11) is 0. The van der Waals surface area contributed by atoms with Crippen molar-refractivity contribution in [2.75, 3.05) is 6.61 Å². The second kappa shape index (κ2) is 12.2. The highest BCUT2D eigenvalue weighted by Gasteiger charge is 2.31. The number of hydrogen-bond donors (Lipinski definition) is 2. The second-order valence-electron chi connectivity index (χ2n) is 7.46. The third kappa shape index (κ3) is 9.28. The van der Waals surface area contributed by atoms with Gasteiger partial charge in [0.1, 0.15) is 23.8 Å². The molecule has 0 aliphatic carbocycles. The van der Waals surface area contributed by atoms with Crippen molar-refractivity contribution in [3.05, 3.63) is 53.6 Å². The van der Waals surface area contributed by atoms with Gasteiger partial charge in [-0.15, -0.1) is 13.2 Å². The third-order valence-corrected chi connectivity index (χ3v) is 4.33. The summed E-state index contributed by atoms with van der Waals surface area (Å²) in [5.74, 6) is -1.02. The van der Waals surface area contributed by atoms with Crippen LogP contribution in [0.5, 0.6) is 11.5 Å². The van der Waals surface area contributed by atoms with E-state index < -0.39 is 30.3 Å². The quantitative estimate of drug-likeness (QED) is 0.463. The number of aliphatic carboxylic acids is 1. The summed E-state index contributed by atoms with van der Waals surface area (Å²) in [4.78, 5) is 23.7. The Labute approximate surface area is 194 Å². The standard InChI is InChI=1S/C23H26F3NO7/c1-4-31-19-10-5-15(12-20(21(28)29)33-14(2)3)11-16(19)13-32-22(30)27-17-6-8-18(9-7-17)34-23(24,25)26/h5-11,14,20H,4,12-13H2,1-3H3,(H,27,30)(H,28,29)/p+1. The SMILES string of the molecule is CCOc1ccc(CC(OC(C)C)C(=O)O)cc1COC(=O)[NH2+]c1ccc(OC(F)(F)F)cc1. The Morgan fingerprint density at radius 1 is 1.09 bits per heavy atom. The van der Waals surface area contributed by atoms with Gasteiger partial charge in [-0.2, -0.15) is 4.79 Å². The van der Waals surface area contributed by atoms with E-state index >= 15 is 0 Å². The molecule has 2 aromatic carbocycles. The van der Waals surface area contributed by atoms with Crippen LogP contribution in [0.2, 0.25) is 0 Å². The van der Waals surface area contributed by atoms with Gasteiger partial charge in [-0.1, -0.05) is 6.07 Å². The molecule has 0 aliphatic rings. The number of carbonyl (C=O) groups excluding carboxylic acids is 1. The lowest BCUT2D eigenvalue weighted by atomic mass is 10.0. The largest absolute Gasteiger partial charge is 0.573 e. The first-order chi connectivity index (χ1) is 16.0. The number of carbonyl (C=O) groups is 2. The monoisotopic (exact) mass is 486 g/mol. The molecule has 1 unspecified atom stereocenters. The highest BCUT2D eigenvalue weighted by atomic mass is 19.4. The first kappa shape index (κ1) is 26.9. The summed E-state index contributed by atoms with van der Waals surface area (Å²) < 4.78 is 56.8. The topological polar surface area (TPSA) is 108 Å². The summed E-state index contributed by atoms with van der Waals surface area (Å²) in [5.41, 5.74) is 1.52. The Morgan fingerprint density at radius 2 is 1.76 bits per heavy atom. The Hall–Kier alpha value is -3.31. The lowest BCUT2D eigenvalue weighted by Gasteiger charge is -2.18. The second-order valence-corrected chi connectivity index (χ2v) is 7.46. The minimum atomic E-state index is -4.80. The smallest absolute Gasteiger partial charge is 0.493 e. The first-order valence-corrected chi connectivity index (χ1v) is 10.5. The molecule has 3 N–H and O–H groups in total. The molecule has 2 rings (SSSR count). The van der Waals surface area contributed by atoms with E-state index in [1.165, 1.54) is 12.1 Å². The van der Waals surface area contributed by atoms with E-state index in [9.17, 15) is 27.9 Å². The van der Waals surface area contributed by atoms with E-state index in [0.717, 1.165) is 17.4 Å². The molecule has 8 nitrogen and oxygen atoms in total. The zero-order valence-corrected chi connectivity index (χ0v) is 18.9. The molecule has 2 aromatic rings. The first-order valence-electron chi connectivity index (χ1n) is 10.5. The summed E-state index contributed by atoms with van der Waals surface area (Å²) in [6.45, 7) is 5.49. The molecule has 0 spiro atoms. The van der Waals surface area contributed by atoms with Crippen molar-refractivity contribution < 1.29 is 52.1 Å². The van der Waals surface area contributed by atoms with Crippen molar-refractivity contribution in [1.82, 2.24) is 0 Å². The molecule has 0 heterocycles. The molecule has 0 saturated heterocycles. The Balaban J connectivity index is 2.04. The maximum atomic E-state index is 12.2. The van der Waals surface area contributed by atoms with Crippen LogP contribution in [0, 0.1) is 0 Å². The number of rotatable bonds is 11. The van der Waals surface area contributed by atoms with Crippen LogP contribution in [0.25, 0.3) is 0 Å². The van der Waals surface area contributed by atoms with Gasteiger partial charge in [0.2, 0.25) is 0 Å². The number of nitrogens with two attached hydrogens (primary N) is 1. The van der Waals surface area contributed by atoms with E-state index in [-0.39, 0.29) is 19.1 Å². The molecular weight excluding hydrogens is 459 g/mol. The van der Waals surface area contributed by atoms with E-state index in [0.29, 0.717) is 29.2 Å². The van der Waals surface area contributed by atoms with Crippen LogP contribution < -0.4 is 14.8 Å². The van der Waals surface area contributed by atoms with Crippen LogP contribution in [-0.2, 0) is 27.3 Å². The van der Waals surface area contributed by atoms with Crippen molar-refractivity contribution in [2.45, 2.75) is 52.4 Å². The van der Waals surface area contributed by atoms with Crippen molar-refractivity contribution in [2.24, 2.45) is 0 Å². The van der Waals surface area contributed by atoms with Crippen LogP contribution in [0.3, 0.4) is 0 Å². The number of carboxylic acids is 1. The number of amides is 1. The van der Waals surface area contributed by atoms with Gasteiger partial charge in [-0.3, -0.25) is 0 Å². The van der Waals surface area contributed by atoms with Gasteiger partial charge >= 0.3 is 18.4 Å². The van der Waals surface area contributed by atoms with Gasteiger partial charge in [-0.25, -0.2) is 10.1 Å². The number of hydrogen-bond acceptors (Lipinski definition) is 6. The molecule has 34 heavy (non-hydrogen) atoms. The zero-order valence-electron chi connectivity index (χ0n) is 18.9. The van der Waals surface area contributed by atoms with Crippen LogP contribution in [0.15, 0.2) is 42.5 Å². The minimum absolute atomic E-state index is 0.110. The highest BCUT2D eigenvalue weighted by molar-refractivity contribution is 5.72. The maximum Gasteiger partial charge on any atom is 0.573 e. The van der Waals surface area contributed by atoms with Gasteiger partial charge in [0.25, 0.3) is 0 Å². The fourth-order valence-electron chi connectivity index (χ4n) is 3.00. The molecule has 186 valence electrons. The summed E-state index contributed by atoms with van der Waals surface area (Å²) in [6, 6.07) is 9.81. The van der Waals surface area contributed by atoms with Crippen molar-refractivity contribution in [3.63, 3.8) is 0 Å². The lowest BCUT2D eigenvalue weighted by molar-refractivity contribution is -0.483. The van der Waals surface area contributed by atoms with Crippen molar-refractivity contribution >= 4 is 17.7 Å². The maximum absolute atomic E-state index is 12.2. The molecule has 0 aliphatic heterocycles. The van der Waals surface area contributed by atoms with E-state index in [1.807, 2.05) is 0 Å². The molecule has 1 amide bonds. The van der Waals surface area contributed by atoms with Crippen LogP contribution in [0.4, 0.5) is 23.7 Å². The predicted molar refractivity (Wildman–Crippen MR) is 114 cm³/mol. The number of primary amides is 1. The average Bonchev–Trinajstić information content (AvgIpc) is 2.73. The molecule has 0 fully saturated rings. The number of ether oxygens (including phenoxy) is 4. The highest BCUT2D eigenvalue weighted by Crippen LogP contribution is 2.24. The molecule has 0 radical (unpaired) electrons. The van der Waals surface area contributed by atoms with Crippen LogP contribution in [0.1, 0.15) is 31.9 Å². The molecule has 0 bridgehead atoms. The average molecular weight is 486 g/mol. The Bertz CT molecular complexity index is 962. The molecule has 11 heteroatoms. The van der Waals surface area contributed by atoms with E-state index in [2.05, 4.69) is 4.74 Å². The number of benzene rings is 2. The summed E-state index contributed by atoms with van der Waals surface area (Å²) in [5, 5.41) is 10.5.